The van der Waals surface area contributed by atoms with Crippen LogP contribution in [0.15, 0.2) is 30.3 Å². The molecule has 5 rings (SSSR count). The molecule has 4 fully saturated rings. The lowest BCUT2D eigenvalue weighted by atomic mass is 9.54. The number of alkyl halides is 3. The minimum atomic E-state index is -4.91. The monoisotopic (exact) mass is 435 g/mol. The standard InChI is InChI=1S/C18H20Cl2FNO4S/c19-17-8-11-6-13(9-17)15(14(7-11)10-17)26-18(20,21)27(24,25)22-16(23)12-4-2-1-3-5-12/h1-5,11,13-15H,6-10H2,(H,22,23). The van der Waals surface area contributed by atoms with E-state index in [9.17, 15) is 17.6 Å². The molecule has 27 heavy (non-hydrogen) atoms. The molecule has 9 heteroatoms. The predicted octanol–water partition coefficient (Wildman–Crippen LogP) is 3.77. The fourth-order valence-corrected chi connectivity index (χ4v) is 6.67. The summed E-state index contributed by atoms with van der Waals surface area (Å²) in [5.74, 6) is -0.546. The Kier molecular flexibility index (Phi) is 4.73. The van der Waals surface area contributed by atoms with Gasteiger partial charge in [0.1, 0.15) is 0 Å². The number of ether oxygens (including phenoxy) is 1. The second-order valence-corrected chi connectivity index (χ2v) is 11.2. The van der Waals surface area contributed by atoms with Crippen LogP contribution < -0.4 is 4.72 Å². The van der Waals surface area contributed by atoms with Crippen molar-refractivity contribution in [3.8, 4) is 0 Å². The zero-order valence-corrected chi connectivity index (χ0v) is 16.7. The van der Waals surface area contributed by atoms with Crippen molar-refractivity contribution in [3.05, 3.63) is 35.9 Å². The van der Waals surface area contributed by atoms with Gasteiger partial charge in [0.25, 0.3) is 5.91 Å². The Morgan fingerprint density at radius 1 is 1.19 bits per heavy atom. The summed E-state index contributed by atoms with van der Waals surface area (Å²) in [5.41, 5.74) is 0.0762. The van der Waals surface area contributed by atoms with E-state index in [0.717, 1.165) is 19.3 Å². The molecule has 1 N–H and O–H groups in total. The maximum absolute atomic E-state index is 14.9. The summed E-state index contributed by atoms with van der Waals surface area (Å²) in [5, 5.41) is 0. The van der Waals surface area contributed by atoms with E-state index in [1.165, 1.54) is 12.1 Å². The molecule has 0 heterocycles. The molecule has 0 radical (unpaired) electrons. The molecule has 148 valence electrons. The Bertz CT molecular complexity index is 832. The van der Waals surface area contributed by atoms with Gasteiger partial charge in [-0.3, -0.25) is 4.79 Å². The molecule has 4 bridgehead atoms. The van der Waals surface area contributed by atoms with Crippen LogP contribution in [0.4, 0.5) is 4.39 Å². The van der Waals surface area contributed by atoms with Crippen molar-refractivity contribution in [3.63, 3.8) is 0 Å². The number of rotatable bonds is 5. The van der Waals surface area contributed by atoms with Crippen LogP contribution in [-0.2, 0) is 14.8 Å². The first-order chi connectivity index (χ1) is 12.6. The molecule has 3 atom stereocenters. The van der Waals surface area contributed by atoms with Crippen LogP contribution in [0.5, 0.6) is 0 Å². The molecule has 4 aliphatic carbocycles. The molecule has 1 amide bonds. The van der Waals surface area contributed by atoms with Gasteiger partial charge in [0, 0.05) is 10.4 Å². The lowest BCUT2D eigenvalue weighted by molar-refractivity contribution is -0.167. The molecule has 0 spiro atoms. The van der Waals surface area contributed by atoms with Crippen LogP contribution in [0.2, 0.25) is 0 Å². The molecule has 5 nitrogen and oxygen atoms in total. The minimum absolute atomic E-state index is 0.0253. The Morgan fingerprint density at radius 3 is 2.33 bits per heavy atom. The Labute approximate surface area is 167 Å². The van der Waals surface area contributed by atoms with Gasteiger partial charge in [0.15, 0.2) is 0 Å². The summed E-state index contributed by atoms with van der Waals surface area (Å²) in [6.45, 7) is 0. The van der Waals surface area contributed by atoms with Gasteiger partial charge in [-0.1, -0.05) is 18.2 Å². The smallest absolute Gasteiger partial charge is 0.316 e. The SMILES string of the molecule is O=C(NS(=O)(=O)C(F)(Cl)OC1C2CC3CC1CC(Cl)(C3)C2)c1ccccc1. The lowest BCUT2D eigenvalue weighted by Gasteiger charge is -2.57. The second kappa shape index (κ2) is 6.58. The number of benzene rings is 1. The number of hydrogen-bond donors (Lipinski definition) is 1. The summed E-state index contributed by atoms with van der Waals surface area (Å²) in [4.78, 5) is 11.8. The van der Waals surface area contributed by atoms with Gasteiger partial charge in [-0.05, 0) is 73.6 Å². The van der Waals surface area contributed by atoms with Crippen molar-refractivity contribution < 1.29 is 22.3 Å². The number of nitrogens with one attached hydrogen (secondary N) is 1. The van der Waals surface area contributed by atoms with Gasteiger partial charge in [0.2, 0.25) is 0 Å². The number of carbonyl (C=O) groups is 1. The van der Waals surface area contributed by atoms with Crippen molar-refractivity contribution >= 4 is 39.1 Å². The Morgan fingerprint density at radius 2 is 1.78 bits per heavy atom. The minimum Gasteiger partial charge on any atom is -0.316 e. The Hall–Kier alpha value is -0.890. The van der Waals surface area contributed by atoms with Crippen LogP contribution in [0.1, 0.15) is 42.5 Å². The van der Waals surface area contributed by atoms with Crippen LogP contribution in [0.3, 0.4) is 0 Å². The van der Waals surface area contributed by atoms with E-state index in [2.05, 4.69) is 0 Å². The molecule has 1 aromatic carbocycles. The third-order valence-electron chi connectivity index (χ3n) is 5.96. The first kappa shape index (κ1) is 19.4. The highest BCUT2D eigenvalue weighted by atomic mass is 35.5. The van der Waals surface area contributed by atoms with E-state index in [1.54, 1.807) is 22.9 Å². The van der Waals surface area contributed by atoms with Crippen molar-refractivity contribution in [1.29, 1.82) is 0 Å². The average molecular weight is 436 g/mol. The van der Waals surface area contributed by atoms with Crippen LogP contribution in [-0.4, -0.2) is 29.9 Å². The van der Waals surface area contributed by atoms with Gasteiger partial charge < -0.3 is 4.74 Å². The van der Waals surface area contributed by atoms with Crippen molar-refractivity contribution in [2.45, 2.75) is 47.7 Å². The van der Waals surface area contributed by atoms with Crippen LogP contribution in [0, 0.1) is 17.8 Å². The van der Waals surface area contributed by atoms with E-state index in [0.29, 0.717) is 18.8 Å². The zero-order chi connectivity index (χ0) is 19.4. The van der Waals surface area contributed by atoms with Gasteiger partial charge in [0.05, 0.1) is 6.10 Å². The Balaban J connectivity index is 1.49. The fourth-order valence-electron chi connectivity index (χ4n) is 5.12. The van der Waals surface area contributed by atoms with E-state index in [1.807, 2.05) is 0 Å². The van der Waals surface area contributed by atoms with Crippen LogP contribution >= 0.6 is 23.2 Å². The van der Waals surface area contributed by atoms with E-state index in [-0.39, 0.29) is 22.3 Å². The summed E-state index contributed by atoms with van der Waals surface area (Å²) < 4.78 is 43.1. The number of hydrogen-bond acceptors (Lipinski definition) is 4. The van der Waals surface area contributed by atoms with Crippen molar-refractivity contribution in [2.75, 3.05) is 0 Å². The summed E-state index contributed by atoms with van der Waals surface area (Å²) >= 11 is 12.3. The van der Waals surface area contributed by atoms with Crippen molar-refractivity contribution in [2.24, 2.45) is 17.8 Å². The number of amides is 1. The average Bonchev–Trinajstić information content (AvgIpc) is 2.57. The molecular weight excluding hydrogens is 416 g/mol. The normalized spacial score (nSPS) is 37.0. The highest BCUT2D eigenvalue weighted by Gasteiger charge is 2.58. The largest absolute Gasteiger partial charge is 0.409 e. The highest BCUT2D eigenvalue weighted by Crippen LogP contribution is 2.59. The first-order valence-electron chi connectivity index (χ1n) is 8.95. The topological polar surface area (TPSA) is 72.5 Å². The van der Waals surface area contributed by atoms with Crippen LogP contribution in [0.25, 0.3) is 0 Å². The van der Waals surface area contributed by atoms with E-state index >= 15 is 0 Å². The van der Waals surface area contributed by atoms with Gasteiger partial charge >= 0.3 is 14.7 Å². The van der Waals surface area contributed by atoms with Gasteiger partial charge in [-0.15, -0.1) is 11.6 Å². The molecule has 0 aromatic heterocycles. The zero-order valence-electron chi connectivity index (χ0n) is 14.4. The maximum atomic E-state index is 14.9. The maximum Gasteiger partial charge on any atom is 0.409 e. The first-order valence-corrected chi connectivity index (χ1v) is 11.2. The molecule has 4 saturated carbocycles. The van der Waals surface area contributed by atoms with E-state index < -0.39 is 26.7 Å². The molecule has 3 unspecified atom stereocenters. The molecule has 4 aliphatic rings. The van der Waals surface area contributed by atoms with E-state index in [4.69, 9.17) is 27.9 Å². The highest BCUT2D eigenvalue weighted by molar-refractivity contribution is 7.92. The molecule has 0 aliphatic heterocycles. The summed E-state index contributed by atoms with van der Waals surface area (Å²) in [6, 6.07) is 7.64. The van der Waals surface area contributed by atoms with Crippen molar-refractivity contribution in [1.82, 2.24) is 4.72 Å². The molecule has 0 saturated heterocycles. The van der Waals surface area contributed by atoms with Gasteiger partial charge in [-0.2, -0.15) is 12.8 Å². The predicted molar refractivity (Wildman–Crippen MR) is 99.5 cm³/mol. The summed E-state index contributed by atoms with van der Waals surface area (Å²) in [6.07, 6.45) is 3.31. The third-order valence-corrected chi connectivity index (χ3v) is 8.30. The molecule has 1 aromatic rings. The number of halogens is 3. The lowest BCUT2D eigenvalue weighted by Crippen LogP contribution is -2.58. The molecular formula is C18H20Cl2FNO4S. The fraction of sp³-hybridized carbons (Fsp3) is 0.611. The summed E-state index contributed by atoms with van der Waals surface area (Å²) in [7, 11) is -4.91. The quantitative estimate of drug-likeness (QED) is 0.714. The third kappa shape index (κ3) is 3.59. The second-order valence-electron chi connectivity index (χ2n) is 7.97. The number of carbonyl (C=O) groups excluding carboxylic acids is 1. The number of sulfonamides is 1. The van der Waals surface area contributed by atoms with Gasteiger partial charge in [-0.25, -0.2) is 4.72 Å².